The van der Waals surface area contributed by atoms with E-state index in [-0.39, 0.29) is 23.0 Å². The molecule has 5 nitrogen and oxygen atoms in total. The fourth-order valence-corrected chi connectivity index (χ4v) is 6.17. The number of thioether (sulfide) groups is 1. The molecule has 2 aromatic heterocycles. The second-order valence-electron chi connectivity index (χ2n) is 9.75. The summed E-state index contributed by atoms with van der Waals surface area (Å²) in [6, 6.07) is 5.82. The SMILES string of the molecule is Cn1c(SCCCN2CC[C@]3(CC3c3ccc(C(F)(F)F)cc3C(F)(F)F)C2)nnc1-c1cccnc1. The average molecular weight is 542 g/mol. The number of benzene rings is 1. The van der Waals surface area contributed by atoms with E-state index < -0.39 is 23.5 Å². The summed E-state index contributed by atoms with van der Waals surface area (Å²) in [4.78, 5) is 6.35. The lowest BCUT2D eigenvalue weighted by molar-refractivity contribution is -0.143. The summed E-state index contributed by atoms with van der Waals surface area (Å²) < 4.78 is 81.9. The zero-order chi connectivity index (χ0) is 26.4. The van der Waals surface area contributed by atoms with Crippen LogP contribution in [0.25, 0.3) is 11.4 Å². The molecule has 1 aliphatic heterocycles. The molecule has 0 amide bonds. The van der Waals surface area contributed by atoms with Crippen molar-refractivity contribution in [2.75, 3.05) is 25.4 Å². The van der Waals surface area contributed by atoms with Gasteiger partial charge in [0.1, 0.15) is 0 Å². The number of likely N-dealkylation sites (tertiary alicyclic amines) is 1. The Labute approximate surface area is 214 Å². The molecular formula is C25H25F6N5S. The third-order valence-corrected chi connectivity index (χ3v) is 8.43. The minimum absolute atomic E-state index is 0.00962. The Bertz CT molecular complexity index is 1260. The first-order valence-electron chi connectivity index (χ1n) is 11.9. The fraction of sp³-hybridized carbons (Fsp3) is 0.480. The molecule has 2 atom stereocenters. The summed E-state index contributed by atoms with van der Waals surface area (Å²) >= 11 is 1.59. The van der Waals surface area contributed by atoms with E-state index in [0.717, 1.165) is 60.4 Å². The Morgan fingerprint density at radius 3 is 2.59 bits per heavy atom. The second-order valence-corrected chi connectivity index (χ2v) is 10.8. The first-order chi connectivity index (χ1) is 17.5. The number of halogens is 6. The van der Waals surface area contributed by atoms with Crippen LogP contribution in [0.4, 0.5) is 26.3 Å². The zero-order valence-corrected chi connectivity index (χ0v) is 20.8. The highest BCUT2D eigenvalue weighted by atomic mass is 32.2. The summed E-state index contributed by atoms with van der Waals surface area (Å²) in [5.74, 6) is 1.18. The van der Waals surface area contributed by atoms with Crippen LogP contribution < -0.4 is 0 Å². The van der Waals surface area contributed by atoms with Crippen LogP contribution in [0.2, 0.25) is 0 Å². The van der Waals surface area contributed by atoms with Gasteiger partial charge in [0, 0.05) is 37.3 Å². The first-order valence-corrected chi connectivity index (χ1v) is 12.9. The highest BCUT2D eigenvalue weighted by Crippen LogP contribution is 2.65. The van der Waals surface area contributed by atoms with Crippen molar-refractivity contribution in [3.8, 4) is 11.4 Å². The molecule has 1 spiro atoms. The van der Waals surface area contributed by atoms with Gasteiger partial charge in [-0.05, 0) is 73.5 Å². The Hall–Kier alpha value is -2.60. The molecule has 12 heteroatoms. The highest BCUT2D eigenvalue weighted by Gasteiger charge is 2.59. The molecule has 5 rings (SSSR count). The molecule has 2 fully saturated rings. The maximum absolute atomic E-state index is 13.6. The van der Waals surface area contributed by atoms with Crippen LogP contribution in [-0.2, 0) is 19.4 Å². The van der Waals surface area contributed by atoms with Gasteiger partial charge in [-0.2, -0.15) is 26.3 Å². The van der Waals surface area contributed by atoms with Crippen LogP contribution in [0.15, 0.2) is 47.9 Å². The Morgan fingerprint density at radius 2 is 1.89 bits per heavy atom. The first kappa shape index (κ1) is 26.0. The molecule has 198 valence electrons. The molecule has 1 unspecified atom stereocenters. The average Bonchev–Trinajstić information content (AvgIpc) is 3.18. The molecule has 37 heavy (non-hydrogen) atoms. The molecule has 0 bridgehead atoms. The van der Waals surface area contributed by atoms with Crippen LogP contribution in [0.5, 0.6) is 0 Å². The molecule has 0 radical (unpaired) electrons. The van der Waals surface area contributed by atoms with Crippen molar-refractivity contribution in [2.24, 2.45) is 12.5 Å². The Balaban J connectivity index is 1.16. The molecule has 3 heterocycles. The van der Waals surface area contributed by atoms with Gasteiger partial charge in [-0.25, -0.2) is 0 Å². The summed E-state index contributed by atoms with van der Waals surface area (Å²) in [6.45, 7) is 2.24. The standard InChI is InChI=1S/C25H25F6N5S/c1-35-21(16-4-2-8-32-14-16)33-34-22(35)37-11-3-9-36-10-7-23(15-36)13-20(23)18-6-5-17(24(26,27)28)12-19(18)25(29,30)31/h2,4-6,8,12,14,20H,3,7,9-11,13,15H2,1H3/t20?,23-/m0/s1. The maximum Gasteiger partial charge on any atom is 0.416 e. The third kappa shape index (κ3) is 5.36. The lowest BCUT2D eigenvalue weighted by Gasteiger charge is -2.19. The van der Waals surface area contributed by atoms with Crippen molar-refractivity contribution >= 4 is 11.8 Å². The van der Waals surface area contributed by atoms with E-state index in [1.54, 1.807) is 24.2 Å². The normalized spacial score (nSPS) is 22.2. The molecule has 0 N–H and O–H groups in total. The summed E-state index contributed by atoms with van der Waals surface area (Å²) in [7, 11) is 1.90. The summed E-state index contributed by atoms with van der Waals surface area (Å²) in [5, 5.41) is 9.30. The van der Waals surface area contributed by atoms with Gasteiger partial charge in [-0.3, -0.25) is 4.98 Å². The quantitative estimate of drug-likeness (QED) is 0.200. The molecule has 1 saturated carbocycles. The summed E-state index contributed by atoms with van der Waals surface area (Å²) in [6.07, 6.45) is -4.02. The van der Waals surface area contributed by atoms with E-state index in [2.05, 4.69) is 20.1 Å². The number of alkyl halides is 6. The number of hydrogen-bond donors (Lipinski definition) is 0. The van der Waals surface area contributed by atoms with E-state index >= 15 is 0 Å². The maximum atomic E-state index is 13.6. The molecular weight excluding hydrogens is 516 g/mol. The molecule has 1 saturated heterocycles. The largest absolute Gasteiger partial charge is 0.416 e. The predicted molar refractivity (Wildman–Crippen MR) is 127 cm³/mol. The van der Waals surface area contributed by atoms with Crippen molar-refractivity contribution in [2.45, 2.75) is 42.7 Å². The molecule has 2 aliphatic rings. The van der Waals surface area contributed by atoms with Gasteiger partial charge in [0.15, 0.2) is 11.0 Å². The highest BCUT2D eigenvalue weighted by molar-refractivity contribution is 7.99. The number of rotatable bonds is 7. The van der Waals surface area contributed by atoms with Crippen LogP contribution >= 0.6 is 11.8 Å². The van der Waals surface area contributed by atoms with Crippen molar-refractivity contribution in [3.05, 3.63) is 59.4 Å². The number of nitrogens with zero attached hydrogens (tertiary/aromatic N) is 5. The van der Waals surface area contributed by atoms with E-state index in [1.165, 1.54) is 0 Å². The number of aromatic nitrogens is 4. The predicted octanol–water partition coefficient (Wildman–Crippen LogP) is 6.28. The lowest BCUT2D eigenvalue weighted by atomic mass is 9.93. The lowest BCUT2D eigenvalue weighted by Crippen LogP contribution is -2.23. The topological polar surface area (TPSA) is 46.8 Å². The van der Waals surface area contributed by atoms with E-state index in [9.17, 15) is 26.3 Å². The van der Waals surface area contributed by atoms with Crippen molar-refractivity contribution in [1.82, 2.24) is 24.6 Å². The minimum atomic E-state index is -4.83. The van der Waals surface area contributed by atoms with Gasteiger partial charge >= 0.3 is 12.4 Å². The van der Waals surface area contributed by atoms with Gasteiger partial charge < -0.3 is 9.47 Å². The smallest absolute Gasteiger partial charge is 0.305 e. The van der Waals surface area contributed by atoms with Crippen LogP contribution in [0, 0.1) is 5.41 Å². The van der Waals surface area contributed by atoms with Crippen molar-refractivity contribution in [1.29, 1.82) is 0 Å². The number of pyridine rings is 1. The Morgan fingerprint density at radius 1 is 1.08 bits per heavy atom. The second kappa shape index (κ2) is 9.61. The van der Waals surface area contributed by atoms with Crippen LogP contribution in [0.1, 0.15) is 41.9 Å². The van der Waals surface area contributed by atoms with Crippen molar-refractivity contribution in [3.63, 3.8) is 0 Å². The minimum Gasteiger partial charge on any atom is -0.305 e. The monoisotopic (exact) mass is 541 g/mol. The van der Waals surface area contributed by atoms with E-state index in [1.807, 2.05) is 23.7 Å². The molecule has 3 aromatic rings. The van der Waals surface area contributed by atoms with E-state index in [0.29, 0.717) is 13.0 Å². The van der Waals surface area contributed by atoms with Gasteiger partial charge in [0.05, 0.1) is 11.1 Å². The van der Waals surface area contributed by atoms with Crippen molar-refractivity contribution < 1.29 is 26.3 Å². The third-order valence-electron chi connectivity index (χ3n) is 7.32. The fourth-order valence-electron chi connectivity index (χ4n) is 5.33. The van der Waals surface area contributed by atoms with E-state index in [4.69, 9.17) is 0 Å². The summed E-state index contributed by atoms with van der Waals surface area (Å²) in [5.41, 5.74) is -1.83. The number of hydrogen-bond acceptors (Lipinski definition) is 5. The van der Waals surface area contributed by atoms with Crippen LogP contribution in [-0.4, -0.2) is 50.0 Å². The Kier molecular flexibility index (Phi) is 6.76. The van der Waals surface area contributed by atoms with Crippen LogP contribution in [0.3, 0.4) is 0 Å². The zero-order valence-electron chi connectivity index (χ0n) is 20.0. The van der Waals surface area contributed by atoms with Gasteiger partial charge in [-0.15, -0.1) is 10.2 Å². The molecule has 1 aliphatic carbocycles. The van der Waals surface area contributed by atoms with Gasteiger partial charge in [0.25, 0.3) is 0 Å². The van der Waals surface area contributed by atoms with Gasteiger partial charge in [0.2, 0.25) is 0 Å². The molecule has 1 aromatic carbocycles. The van der Waals surface area contributed by atoms with Gasteiger partial charge in [-0.1, -0.05) is 17.8 Å².